The van der Waals surface area contributed by atoms with Gasteiger partial charge in [0, 0.05) is 0 Å². The van der Waals surface area contributed by atoms with Crippen molar-refractivity contribution in [3.8, 4) is 0 Å². The first-order valence-corrected chi connectivity index (χ1v) is 6.96. The molecular weight excluding hydrogens is 236 g/mol. The van der Waals surface area contributed by atoms with E-state index >= 15 is 0 Å². The number of aryl methyl sites for hydroxylation is 1. The van der Waals surface area contributed by atoms with E-state index < -0.39 is 11.4 Å². The molecule has 0 heterocycles. The fourth-order valence-electron chi connectivity index (χ4n) is 2.01. The zero-order valence-electron chi connectivity index (χ0n) is 12.8. The summed E-state index contributed by atoms with van der Waals surface area (Å²) in [6, 6.07) is 8.68. The smallest absolute Gasteiger partial charge is 0.309 e. The highest BCUT2D eigenvalue weighted by molar-refractivity contribution is 5.73. The summed E-state index contributed by atoms with van der Waals surface area (Å²) in [7, 11) is 0. The molecule has 0 spiro atoms. The van der Waals surface area contributed by atoms with Crippen LogP contribution in [0.1, 0.15) is 58.6 Å². The lowest BCUT2D eigenvalue weighted by atomic mass is 9.85. The van der Waals surface area contributed by atoms with Crippen LogP contribution in [0, 0.1) is 5.41 Å². The van der Waals surface area contributed by atoms with Gasteiger partial charge in [-0.05, 0) is 49.7 Å². The second kappa shape index (κ2) is 5.77. The standard InChI is InChI=1S/C17H26O2/c1-16(2,3)14-10-8-13(9-11-14)7-6-12-17(4,5)15(18)19/h8-11H,6-7,12H2,1-5H3,(H,18,19). The van der Waals surface area contributed by atoms with Crippen LogP contribution < -0.4 is 0 Å². The molecule has 0 aromatic heterocycles. The van der Waals surface area contributed by atoms with Crippen molar-refractivity contribution in [2.75, 3.05) is 0 Å². The molecule has 1 N–H and O–H groups in total. The minimum Gasteiger partial charge on any atom is -0.481 e. The molecule has 19 heavy (non-hydrogen) atoms. The minimum absolute atomic E-state index is 0.184. The molecule has 106 valence electrons. The third kappa shape index (κ3) is 4.70. The Morgan fingerprint density at radius 3 is 2.00 bits per heavy atom. The van der Waals surface area contributed by atoms with Gasteiger partial charge in [0.05, 0.1) is 5.41 Å². The number of hydrogen-bond donors (Lipinski definition) is 1. The van der Waals surface area contributed by atoms with Crippen LogP contribution in [0.3, 0.4) is 0 Å². The molecular formula is C17H26O2. The van der Waals surface area contributed by atoms with Crippen molar-refractivity contribution in [1.29, 1.82) is 0 Å². The molecule has 1 aromatic rings. The van der Waals surface area contributed by atoms with Gasteiger partial charge in [-0.1, -0.05) is 45.0 Å². The van der Waals surface area contributed by atoms with E-state index in [9.17, 15) is 4.79 Å². The van der Waals surface area contributed by atoms with E-state index in [1.54, 1.807) is 13.8 Å². The van der Waals surface area contributed by atoms with Crippen LogP contribution in [-0.4, -0.2) is 11.1 Å². The maximum atomic E-state index is 11.0. The second-order valence-electron chi connectivity index (χ2n) is 6.99. The lowest BCUT2D eigenvalue weighted by Gasteiger charge is -2.20. The Labute approximate surface area is 116 Å². The summed E-state index contributed by atoms with van der Waals surface area (Å²) in [5.41, 5.74) is 2.19. The molecule has 0 fully saturated rings. The van der Waals surface area contributed by atoms with Crippen LogP contribution in [0.15, 0.2) is 24.3 Å². The van der Waals surface area contributed by atoms with E-state index in [1.807, 2.05) is 0 Å². The summed E-state index contributed by atoms with van der Waals surface area (Å²) in [5, 5.41) is 9.06. The van der Waals surface area contributed by atoms with Gasteiger partial charge in [-0.3, -0.25) is 4.79 Å². The van der Waals surface area contributed by atoms with Gasteiger partial charge in [0.15, 0.2) is 0 Å². The van der Waals surface area contributed by atoms with Gasteiger partial charge >= 0.3 is 5.97 Å². The Morgan fingerprint density at radius 1 is 1.05 bits per heavy atom. The zero-order chi connectivity index (χ0) is 14.7. The van der Waals surface area contributed by atoms with Crippen LogP contribution in [0.25, 0.3) is 0 Å². The summed E-state index contributed by atoms with van der Waals surface area (Å²) in [5.74, 6) is -0.712. The van der Waals surface area contributed by atoms with E-state index in [0.717, 1.165) is 12.8 Å². The predicted molar refractivity (Wildman–Crippen MR) is 79.5 cm³/mol. The van der Waals surface area contributed by atoms with E-state index in [0.29, 0.717) is 6.42 Å². The van der Waals surface area contributed by atoms with Crippen molar-refractivity contribution < 1.29 is 9.90 Å². The van der Waals surface area contributed by atoms with Crippen molar-refractivity contribution in [2.24, 2.45) is 5.41 Å². The molecule has 0 aliphatic heterocycles. The number of carbonyl (C=O) groups is 1. The highest BCUT2D eigenvalue weighted by atomic mass is 16.4. The third-order valence-corrected chi connectivity index (χ3v) is 3.67. The highest BCUT2D eigenvalue weighted by Crippen LogP contribution is 2.25. The van der Waals surface area contributed by atoms with Gasteiger partial charge in [-0.2, -0.15) is 0 Å². The first-order chi connectivity index (χ1) is 8.63. The fourth-order valence-corrected chi connectivity index (χ4v) is 2.01. The van der Waals surface area contributed by atoms with Crippen molar-refractivity contribution >= 4 is 5.97 Å². The van der Waals surface area contributed by atoms with Gasteiger partial charge in [-0.25, -0.2) is 0 Å². The number of aliphatic carboxylic acids is 1. The molecule has 0 unspecified atom stereocenters. The van der Waals surface area contributed by atoms with Crippen LogP contribution in [0.5, 0.6) is 0 Å². The van der Waals surface area contributed by atoms with Crippen LogP contribution in [-0.2, 0) is 16.6 Å². The topological polar surface area (TPSA) is 37.3 Å². The first-order valence-electron chi connectivity index (χ1n) is 6.96. The normalized spacial score (nSPS) is 12.5. The van der Waals surface area contributed by atoms with Gasteiger partial charge in [-0.15, -0.1) is 0 Å². The monoisotopic (exact) mass is 262 g/mol. The number of benzene rings is 1. The average Bonchev–Trinajstić information content (AvgIpc) is 2.28. The zero-order valence-corrected chi connectivity index (χ0v) is 12.8. The predicted octanol–water partition coefficient (Wildman–Crippen LogP) is 4.42. The number of hydrogen-bond acceptors (Lipinski definition) is 1. The van der Waals surface area contributed by atoms with Crippen molar-refractivity contribution in [3.63, 3.8) is 0 Å². The first kappa shape index (κ1) is 15.7. The Morgan fingerprint density at radius 2 is 1.58 bits per heavy atom. The van der Waals surface area contributed by atoms with Gasteiger partial charge in [0.1, 0.15) is 0 Å². The lowest BCUT2D eigenvalue weighted by molar-refractivity contribution is -0.147. The molecule has 1 rings (SSSR count). The van der Waals surface area contributed by atoms with Crippen LogP contribution >= 0.6 is 0 Å². The molecule has 2 nitrogen and oxygen atoms in total. The molecule has 0 amide bonds. The lowest BCUT2D eigenvalue weighted by Crippen LogP contribution is -2.23. The Balaban J connectivity index is 2.54. The average molecular weight is 262 g/mol. The third-order valence-electron chi connectivity index (χ3n) is 3.67. The SMILES string of the molecule is CC(C)(CCCc1ccc(C(C)(C)C)cc1)C(=O)O. The summed E-state index contributed by atoms with van der Waals surface area (Å²) in [6.07, 6.45) is 2.57. The molecule has 1 aromatic carbocycles. The molecule has 0 saturated heterocycles. The molecule has 0 bridgehead atoms. The quantitative estimate of drug-likeness (QED) is 0.853. The molecule has 0 aliphatic rings. The Bertz CT molecular complexity index is 422. The van der Waals surface area contributed by atoms with Crippen LogP contribution in [0.2, 0.25) is 0 Å². The second-order valence-corrected chi connectivity index (χ2v) is 6.99. The number of rotatable bonds is 5. The van der Waals surface area contributed by atoms with Gasteiger partial charge < -0.3 is 5.11 Å². The van der Waals surface area contributed by atoms with E-state index in [1.165, 1.54) is 11.1 Å². The van der Waals surface area contributed by atoms with Crippen molar-refractivity contribution in [1.82, 2.24) is 0 Å². The minimum atomic E-state index is -0.712. The molecule has 2 heteroatoms. The molecule has 0 radical (unpaired) electrons. The summed E-state index contributed by atoms with van der Waals surface area (Å²) in [4.78, 5) is 11.0. The van der Waals surface area contributed by atoms with Gasteiger partial charge in [0.25, 0.3) is 0 Å². The summed E-state index contributed by atoms with van der Waals surface area (Å²) < 4.78 is 0. The van der Waals surface area contributed by atoms with E-state index in [4.69, 9.17) is 5.11 Å². The highest BCUT2D eigenvalue weighted by Gasteiger charge is 2.26. The molecule has 0 aliphatic carbocycles. The van der Waals surface area contributed by atoms with Gasteiger partial charge in [0.2, 0.25) is 0 Å². The van der Waals surface area contributed by atoms with Crippen LogP contribution in [0.4, 0.5) is 0 Å². The summed E-state index contributed by atoms with van der Waals surface area (Å²) >= 11 is 0. The number of carboxylic acid groups (broad SMARTS) is 1. The van der Waals surface area contributed by atoms with Crippen molar-refractivity contribution in [3.05, 3.63) is 35.4 Å². The van der Waals surface area contributed by atoms with E-state index in [2.05, 4.69) is 45.0 Å². The largest absolute Gasteiger partial charge is 0.481 e. The van der Waals surface area contributed by atoms with Crippen molar-refractivity contribution in [2.45, 2.75) is 59.3 Å². The maximum Gasteiger partial charge on any atom is 0.309 e. The maximum absolute atomic E-state index is 11.0. The fraction of sp³-hybridized carbons (Fsp3) is 0.588. The Hall–Kier alpha value is -1.31. The number of carboxylic acids is 1. The summed E-state index contributed by atoms with van der Waals surface area (Å²) in [6.45, 7) is 10.2. The Kier molecular flexibility index (Phi) is 4.78. The molecule has 0 atom stereocenters. The molecule has 0 saturated carbocycles. The van der Waals surface area contributed by atoms with E-state index in [-0.39, 0.29) is 5.41 Å².